The van der Waals surface area contributed by atoms with Gasteiger partial charge in [-0.15, -0.1) is 0 Å². The summed E-state index contributed by atoms with van der Waals surface area (Å²) in [6, 6.07) is 7.05. The lowest BCUT2D eigenvalue weighted by molar-refractivity contribution is 0.0541. The van der Waals surface area contributed by atoms with Crippen LogP contribution in [0, 0.1) is 0 Å². The molecule has 1 rings (SSSR count). The predicted octanol–water partition coefficient (Wildman–Crippen LogP) is 3.86. The number of hydrogen-bond acceptors (Lipinski definition) is 5. The topological polar surface area (TPSA) is 67.4 Å². The smallest absolute Gasteiger partial charge is 0.426 e. The third kappa shape index (κ3) is 7.36. The molecular weight excluding hydrogens is 300 g/mol. The first-order valence-corrected chi connectivity index (χ1v) is 8.58. The molecule has 0 bridgehead atoms. The van der Waals surface area contributed by atoms with Gasteiger partial charge in [0.2, 0.25) is 0 Å². The molecule has 6 heteroatoms. The molecule has 0 unspecified atom stereocenters. The van der Waals surface area contributed by atoms with E-state index in [1.54, 1.807) is 56.8 Å². The summed E-state index contributed by atoms with van der Waals surface area (Å²) in [6.07, 6.45) is 2.86. The second-order valence-corrected chi connectivity index (χ2v) is 6.84. The quantitative estimate of drug-likeness (QED) is 0.453. The molecule has 0 aliphatic rings. The number of hydrazine groups is 1. The Morgan fingerprint density at radius 3 is 2.64 bits per heavy atom. The van der Waals surface area contributed by atoms with Crippen LogP contribution in [0.2, 0.25) is 0 Å². The first-order valence-electron chi connectivity index (χ1n) is 7.19. The maximum Gasteiger partial charge on any atom is 0.426 e. The Morgan fingerprint density at radius 1 is 1.27 bits per heavy atom. The Balaban J connectivity index is 2.53. The first-order chi connectivity index (χ1) is 10.3. The molecule has 0 atom stereocenters. The zero-order chi connectivity index (χ0) is 16.6. The molecule has 0 aliphatic heterocycles. The third-order valence-corrected chi connectivity index (χ3v) is 3.34. The number of carbonyl (C=O) groups is 2. The van der Waals surface area contributed by atoms with Gasteiger partial charge < -0.3 is 4.74 Å². The Hall–Kier alpha value is -1.69. The highest BCUT2D eigenvalue weighted by molar-refractivity contribution is 7.98. The fraction of sp³-hybridized carbons (Fsp3) is 0.500. The third-order valence-electron chi connectivity index (χ3n) is 2.64. The van der Waals surface area contributed by atoms with E-state index in [0.717, 1.165) is 12.2 Å². The number of benzene rings is 1. The monoisotopic (exact) mass is 324 g/mol. The summed E-state index contributed by atoms with van der Waals surface area (Å²) >= 11 is 1.73. The van der Waals surface area contributed by atoms with E-state index in [4.69, 9.17) is 4.74 Å². The van der Waals surface area contributed by atoms with Crippen molar-refractivity contribution in [2.45, 2.75) is 39.2 Å². The minimum Gasteiger partial charge on any atom is -0.443 e. The number of amides is 1. The van der Waals surface area contributed by atoms with Crippen LogP contribution in [-0.4, -0.2) is 29.5 Å². The zero-order valence-corrected chi connectivity index (χ0v) is 14.4. The van der Waals surface area contributed by atoms with Gasteiger partial charge in [0.1, 0.15) is 5.60 Å². The summed E-state index contributed by atoms with van der Waals surface area (Å²) < 4.78 is 5.12. The molecule has 5 nitrogen and oxygen atoms in total. The van der Waals surface area contributed by atoms with Crippen molar-refractivity contribution in [3.8, 4) is 0 Å². The van der Waals surface area contributed by atoms with Gasteiger partial charge in [-0.05, 0) is 51.3 Å². The van der Waals surface area contributed by atoms with Crippen molar-refractivity contribution in [1.82, 2.24) is 5.43 Å². The molecule has 0 spiro atoms. The normalized spacial score (nSPS) is 10.9. The number of anilines is 1. The minimum absolute atomic E-state index is 0.106. The van der Waals surface area contributed by atoms with Crippen molar-refractivity contribution >= 4 is 29.3 Å². The summed E-state index contributed by atoms with van der Waals surface area (Å²) in [5, 5.41) is 0. The van der Waals surface area contributed by atoms with E-state index in [1.807, 2.05) is 6.26 Å². The molecular formula is C16H24N2O3S. The van der Waals surface area contributed by atoms with Gasteiger partial charge in [0.05, 0.1) is 5.69 Å². The summed E-state index contributed by atoms with van der Waals surface area (Å²) in [6.45, 7) is 5.38. The van der Waals surface area contributed by atoms with Crippen LogP contribution in [-0.2, 0) is 4.74 Å². The number of nitrogens with one attached hydrogen (secondary N) is 2. The molecule has 0 aliphatic carbocycles. The number of rotatable bonds is 7. The number of Topliss-reactive ketones (excluding diaryl/α,β-unsaturated/α-hetero) is 1. The van der Waals surface area contributed by atoms with Crippen LogP contribution >= 0.6 is 11.8 Å². The molecule has 0 radical (unpaired) electrons. The van der Waals surface area contributed by atoms with Crippen molar-refractivity contribution in [2.24, 2.45) is 0 Å². The SMILES string of the molecule is CSCCCC(=O)c1cccc(NNC(=O)OC(C)(C)C)c1. The van der Waals surface area contributed by atoms with Gasteiger partial charge in [0.25, 0.3) is 0 Å². The lowest BCUT2D eigenvalue weighted by Gasteiger charge is -2.20. The predicted molar refractivity (Wildman–Crippen MR) is 91.4 cm³/mol. The number of ketones is 1. The van der Waals surface area contributed by atoms with Crippen LogP contribution < -0.4 is 10.9 Å². The molecule has 0 saturated heterocycles. The van der Waals surface area contributed by atoms with Crippen LogP contribution in [0.1, 0.15) is 44.0 Å². The van der Waals surface area contributed by atoms with Crippen molar-refractivity contribution in [3.05, 3.63) is 29.8 Å². The fourth-order valence-corrected chi connectivity index (χ4v) is 2.15. The lowest BCUT2D eigenvalue weighted by Crippen LogP contribution is -2.35. The van der Waals surface area contributed by atoms with Crippen molar-refractivity contribution in [3.63, 3.8) is 0 Å². The van der Waals surface area contributed by atoms with E-state index < -0.39 is 11.7 Å². The van der Waals surface area contributed by atoms with Crippen LogP contribution in [0.25, 0.3) is 0 Å². The molecule has 2 N–H and O–H groups in total. The van der Waals surface area contributed by atoms with Crippen LogP contribution in [0.4, 0.5) is 10.5 Å². The van der Waals surface area contributed by atoms with Gasteiger partial charge in [-0.25, -0.2) is 10.2 Å². The average Bonchev–Trinajstić information content (AvgIpc) is 2.44. The van der Waals surface area contributed by atoms with Gasteiger partial charge in [-0.3, -0.25) is 10.2 Å². The molecule has 1 aromatic carbocycles. The zero-order valence-electron chi connectivity index (χ0n) is 13.6. The lowest BCUT2D eigenvalue weighted by atomic mass is 10.1. The summed E-state index contributed by atoms with van der Waals surface area (Å²) in [7, 11) is 0. The molecule has 1 aromatic rings. The Bertz CT molecular complexity index is 512. The van der Waals surface area contributed by atoms with Crippen LogP contribution in [0.5, 0.6) is 0 Å². The molecule has 122 valence electrons. The second kappa shape index (κ2) is 8.68. The average molecular weight is 324 g/mol. The van der Waals surface area contributed by atoms with Crippen molar-refractivity contribution < 1.29 is 14.3 Å². The van der Waals surface area contributed by atoms with E-state index in [9.17, 15) is 9.59 Å². The van der Waals surface area contributed by atoms with Crippen LogP contribution in [0.3, 0.4) is 0 Å². The van der Waals surface area contributed by atoms with E-state index in [0.29, 0.717) is 17.7 Å². The molecule has 0 aromatic heterocycles. The first kappa shape index (κ1) is 18.4. The molecule has 22 heavy (non-hydrogen) atoms. The van der Waals surface area contributed by atoms with Gasteiger partial charge in [-0.1, -0.05) is 12.1 Å². The highest BCUT2D eigenvalue weighted by Crippen LogP contribution is 2.13. The Morgan fingerprint density at radius 2 is 2.00 bits per heavy atom. The Kier molecular flexibility index (Phi) is 7.24. The molecule has 0 fully saturated rings. The number of carbonyl (C=O) groups excluding carboxylic acids is 2. The minimum atomic E-state index is -0.566. The van der Waals surface area contributed by atoms with Gasteiger partial charge in [0, 0.05) is 12.0 Å². The maximum absolute atomic E-state index is 12.0. The standard InChI is InChI=1S/C16H24N2O3S/c1-16(2,3)21-15(20)18-17-13-8-5-7-12(11-13)14(19)9-6-10-22-4/h5,7-8,11,17H,6,9-10H2,1-4H3,(H,18,20). The van der Waals surface area contributed by atoms with Crippen LogP contribution in [0.15, 0.2) is 24.3 Å². The molecule has 0 heterocycles. The summed E-state index contributed by atoms with van der Waals surface area (Å²) in [5.41, 5.74) is 5.92. The highest BCUT2D eigenvalue weighted by Gasteiger charge is 2.15. The molecule has 0 saturated carbocycles. The van der Waals surface area contributed by atoms with E-state index in [1.165, 1.54) is 0 Å². The number of ether oxygens (including phenoxy) is 1. The van der Waals surface area contributed by atoms with E-state index >= 15 is 0 Å². The van der Waals surface area contributed by atoms with Gasteiger partial charge in [0.15, 0.2) is 5.78 Å². The van der Waals surface area contributed by atoms with E-state index in [2.05, 4.69) is 10.9 Å². The Labute approximate surface area is 136 Å². The summed E-state index contributed by atoms with van der Waals surface area (Å²) in [4.78, 5) is 23.6. The number of hydrogen-bond donors (Lipinski definition) is 2. The number of thioether (sulfide) groups is 1. The van der Waals surface area contributed by atoms with Gasteiger partial charge in [-0.2, -0.15) is 11.8 Å². The molecule has 1 amide bonds. The van der Waals surface area contributed by atoms with E-state index in [-0.39, 0.29) is 5.78 Å². The van der Waals surface area contributed by atoms with Crippen molar-refractivity contribution in [2.75, 3.05) is 17.4 Å². The highest BCUT2D eigenvalue weighted by atomic mass is 32.2. The maximum atomic E-state index is 12.0. The van der Waals surface area contributed by atoms with Crippen molar-refractivity contribution in [1.29, 1.82) is 0 Å². The fourth-order valence-electron chi connectivity index (χ4n) is 1.72. The van der Waals surface area contributed by atoms with Gasteiger partial charge >= 0.3 is 6.09 Å². The second-order valence-electron chi connectivity index (χ2n) is 5.85. The largest absolute Gasteiger partial charge is 0.443 e. The summed E-state index contributed by atoms with van der Waals surface area (Å²) in [5.74, 6) is 1.08.